The van der Waals surface area contributed by atoms with Crippen LogP contribution in [0, 0.1) is 0 Å². The summed E-state index contributed by atoms with van der Waals surface area (Å²) in [6, 6.07) is 31.8. The Morgan fingerprint density at radius 1 is 0.357 bits per heavy atom. The maximum absolute atomic E-state index is 13.5. The van der Waals surface area contributed by atoms with E-state index < -0.39 is 134 Å². The predicted molar refractivity (Wildman–Crippen MR) is 344 cm³/mol. The molecule has 31 nitrogen and oxygen atoms in total. The van der Waals surface area contributed by atoms with E-state index in [0.29, 0.717) is 67.0 Å². The van der Waals surface area contributed by atoms with Crippen LogP contribution in [0.4, 0.5) is 22.7 Å². The van der Waals surface area contributed by atoms with Gasteiger partial charge in [-0.1, -0.05) is 48.5 Å². The normalized spacial score (nSPS) is 27.6. The molecule has 17 atom stereocenters. The maximum Gasteiger partial charge on any atom is 0.303 e. The van der Waals surface area contributed by atoms with Crippen LogP contribution < -0.4 is 21.3 Å². The Bertz CT molecular complexity index is 4400. The summed E-state index contributed by atoms with van der Waals surface area (Å²) in [5.74, 6) is -4.44. The number of rotatable bonds is 15. The van der Waals surface area contributed by atoms with E-state index in [0.717, 1.165) is 0 Å². The number of aliphatic hydroxyl groups excluding tert-OH is 14. The van der Waals surface area contributed by atoms with E-state index in [1.165, 1.54) is 36.4 Å². The van der Waals surface area contributed by atoms with Crippen LogP contribution in [0.1, 0.15) is 54.2 Å². The van der Waals surface area contributed by atoms with Gasteiger partial charge in [-0.25, -0.2) is 4.98 Å². The van der Waals surface area contributed by atoms with Crippen molar-refractivity contribution in [1.82, 2.24) is 19.9 Å². The summed E-state index contributed by atoms with van der Waals surface area (Å²) in [7, 11) is 0. The Kier molecular flexibility index (Phi) is 19.6. The largest absolute Gasteiger partial charge is 0.481 e. The van der Waals surface area contributed by atoms with Gasteiger partial charge in [0.05, 0.1) is 22.8 Å². The van der Waals surface area contributed by atoms with Crippen molar-refractivity contribution in [2.75, 3.05) is 21.3 Å². The maximum atomic E-state index is 13.5. The van der Waals surface area contributed by atoms with Gasteiger partial charge in [0.2, 0.25) is 5.91 Å². The molecule has 4 amide bonds. The highest BCUT2D eigenvalue weighted by atomic mass is 16.7. The Morgan fingerprint density at radius 2 is 0.653 bits per heavy atom. The molecule has 2 unspecified atom stereocenters. The second-order valence-corrected chi connectivity index (χ2v) is 23.9. The first kappa shape index (κ1) is 68.4. The molecule has 0 aliphatic carbocycles. The molecule has 3 aromatic heterocycles. The van der Waals surface area contributed by atoms with Crippen molar-refractivity contribution in [3.8, 4) is 44.5 Å². The smallest absolute Gasteiger partial charge is 0.303 e. The number of H-pyrrole nitrogens is 2. The average molecular weight is 1350 g/mol. The fourth-order valence-corrected chi connectivity index (χ4v) is 12.1. The first-order chi connectivity index (χ1) is 46.8. The van der Waals surface area contributed by atoms with Gasteiger partial charge in [0.25, 0.3) is 17.7 Å². The van der Waals surface area contributed by atoms with Crippen LogP contribution in [0.3, 0.4) is 0 Å². The Balaban J connectivity index is 1.04. The zero-order valence-electron chi connectivity index (χ0n) is 51.0. The molecule has 0 saturated carbocycles. The number of aromatic amines is 2. The fourth-order valence-electron chi connectivity index (χ4n) is 12.1. The highest BCUT2D eigenvalue weighted by Crippen LogP contribution is 2.45. The number of amides is 4. The summed E-state index contributed by atoms with van der Waals surface area (Å²) in [4.78, 5) is 81.8. The number of hydrogen-bond acceptors (Lipinski definition) is 24. The number of carbonyl (C=O) groups excluding carboxylic acids is 4. The molecule has 21 N–H and O–H groups in total. The number of fused-ring (bicyclic) bond motifs is 8. The number of carbonyl (C=O) groups is 5. The van der Waals surface area contributed by atoms with Crippen LogP contribution in [-0.4, -0.2) is 218 Å². The van der Waals surface area contributed by atoms with E-state index >= 15 is 0 Å². The van der Waals surface area contributed by atoms with Crippen molar-refractivity contribution >= 4 is 86.6 Å². The van der Waals surface area contributed by atoms with E-state index in [4.69, 9.17) is 29.3 Å². The van der Waals surface area contributed by atoms with Gasteiger partial charge in [-0.2, -0.15) is 0 Å². The molecule has 3 saturated heterocycles. The van der Waals surface area contributed by atoms with E-state index in [1.54, 1.807) is 97.1 Å². The lowest BCUT2D eigenvalue weighted by atomic mass is 9.97. The number of hydrogen-bond donors (Lipinski definition) is 21. The number of nitrogens with one attached hydrogen (secondary N) is 6. The minimum absolute atomic E-state index is 0.0573. The topological polar surface area (TPSA) is 522 Å². The summed E-state index contributed by atoms with van der Waals surface area (Å²) >= 11 is 0. The van der Waals surface area contributed by atoms with Crippen molar-refractivity contribution in [3.05, 3.63) is 144 Å². The third kappa shape index (κ3) is 13.6. The Hall–Kier alpha value is -9.59. The van der Waals surface area contributed by atoms with Gasteiger partial charge in [0, 0.05) is 79.9 Å². The third-order valence-electron chi connectivity index (χ3n) is 17.3. The van der Waals surface area contributed by atoms with Crippen molar-refractivity contribution < 1.29 is 115 Å². The first-order valence-corrected chi connectivity index (χ1v) is 30.7. The summed E-state index contributed by atoms with van der Waals surface area (Å²) in [6.45, 7) is 0. The number of anilines is 4. The lowest BCUT2D eigenvalue weighted by Crippen LogP contribution is -2.60. The second-order valence-electron chi connectivity index (χ2n) is 23.9. The van der Waals surface area contributed by atoms with Crippen LogP contribution in [-0.2, 0) is 38.2 Å². The summed E-state index contributed by atoms with van der Waals surface area (Å²) in [6.07, 6.45) is -29.0. The number of benzene rings is 4. The molecule has 8 heterocycles. The van der Waals surface area contributed by atoms with Crippen LogP contribution >= 0.6 is 0 Å². The van der Waals surface area contributed by atoms with Crippen LogP contribution in [0.2, 0.25) is 0 Å². The van der Waals surface area contributed by atoms with Gasteiger partial charge in [0.15, 0.2) is 37.2 Å². The van der Waals surface area contributed by atoms with Crippen LogP contribution in [0.25, 0.3) is 78.7 Å². The Labute approximate surface area is 552 Å². The fraction of sp³-hybridized carbons (Fsp3) is 0.299. The lowest BCUT2D eigenvalue weighted by molar-refractivity contribution is -0.274. The van der Waals surface area contributed by atoms with Gasteiger partial charge in [-0.3, -0.25) is 29.0 Å². The number of nitrogens with zero attached hydrogens (tertiary/aromatic N) is 2. The molecule has 5 aliphatic heterocycles. The summed E-state index contributed by atoms with van der Waals surface area (Å²) in [5, 5.41) is 168. The number of carboxylic acid groups (broad SMARTS) is 1. The molecule has 0 radical (unpaired) electrons. The van der Waals surface area contributed by atoms with Crippen molar-refractivity contribution in [1.29, 1.82) is 0 Å². The minimum atomic E-state index is -2.01. The zero-order valence-corrected chi connectivity index (χ0v) is 51.0. The quantitative estimate of drug-likeness (QED) is 0.0657. The van der Waals surface area contributed by atoms with Gasteiger partial charge in [0.1, 0.15) is 67.1 Å². The van der Waals surface area contributed by atoms with Gasteiger partial charge >= 0.3 is 5.97 Å². The predicted octanol–water partition coefficient (Wildman–Crippen LogP) is 0.329. The van der Waals surface area contributed by atoms with Crippen LogP contribution in [0.5, 0.6) is 0 Å². The summed E-state index contributed by atoms with van der Waals surface area (Å²) < 4.78 is 15.4. The molecule has 8 bridgehead atoms. The van der Waals surface area contributed by atoms with E-state index in [-0.39, 0.29) is 64.4 Å². The van der Waals surface area contributed by atoms with Gasteiger partial charge in [-0.15, -0.1) is 0 Å². The number of aliphatic carboxylic acids is 1. The summed E-state index contributed by atoms with van der Waals surface area (Å²) in [5.41, 5.74) is 5.67. The van der Waals surface area contributed by atoms with E-state index in [2.05, 4.69) is 31.2 Å². The molecule has 5 aliphatic rings. The number of ether oxygens (including phenoxy) is 3. The molecule has 3 fully saturated rings. The molecule has 12 rings (SSSR count). The van der Waals surface area contributed by atoms with E-state index in [1.807, 2.05) is 0 Å². The van der Waals surface area contributed by atoms with Crippen molar-refractivity contribution in [2.45, 2.75) is 124 Å². The second kappa shape index (κ2) is 28.1. The van der Waals surface area contributed by atoms with E-state index in [9.17, 15) is 95.5 Å². The molecule has 31 heteroatoms. The molecule has 0 spiro atoms. The van der Waals surface area contributed by atoms with Crippen molar-refractivity contribution in [2.24, 2.45) is 0 Å². The monoisotopic (exact) mass is 1350 g/mol. The highest BCUT2D eigenvalue weighted by Gasteiger charge is 2.49. The molecule has 4 aromatic carbocycles. The molecule has 7 aromatic rings. The minimum Gasteiger partial charge on any atom is -0.481 e. The van der Waals surface area contributed by atoms with Crippen LogP contribution in [0.15, 0.2) is 121 Å². The lowest BCUT2D eigenvalue weighted by Gasteiger charge is -2.37. The SMILES string of the molecule is O=C(O)CCCC(=O)Nc1ccc(-c2c3nc(c(-c4ccc(NC(=O)[C@H]5O[C@@H](O)[C@H](O)[C@@H](O)[C@@H]5O)cc4)c4ccc([nH]4)c(-c4ccc(NC(=O)[C@H]5O[C@@H](O)[C@H](O)[C@@H](O)[C@@H]5O)cc4)c4nc(c(-c5ccc(NC(=O)[C@H]6O[C@@H](O)[C@H](O)[C@@H](O)[C@@H]6O)cc5)c5ccc2[nH]5)C=C4)C(O)C3O)cc1. The van der Waals surface area contributed by atoms with Gasteiger partial charge < -0.3 is 122 Å². The number of carboxylic acids is 1. The Morgan fingerprint density at radius 3 is 0.969 bits per heavy atom. The first-order valence-electron chi connectivity index (χ1n) is 30.7. The third-order valence-corrected chi connectivity index (χ3v) is 17.3. The molecular weight excluding hydrogens is 1280 g/mol. The average Bonchev–Trinajstić information content (AvgIpc) is 1.59. The molecular formula is C67H66N8O23. The number of aliphatic hydroxyl groups is 14. The standard InChI is InChI=1S/C67H66N8O23/c76-40(2-1-3-41(77)78)68-30-12-8-28(9-13-30)44-38-24-22-36(73-38)42(26-4-14-31(15-5-26)69-62(90)59-53(84)50(81)56(87)65(93)96-59)34-20-21-35(72-34)43(27-6-16-32(17-7-27)70-63(91)60-54(85)51(82)57(88)66(94)97-60)37-23-25-39(74-37)45(47-49(80)48(79)46(44)75-47)29-10-18-33(19-11-29)71-64(92)61-55(86)52(83)58(89)67(95)98-61/h4-25,48-61,65-67,73-74,79-89,93-95H,1-3H2,(H,68,76)(H,69,90)(H,70,91)(H,71,92)(H,77,78)/t48?,49?,50-,51-,52-,53-,54-,55-,56+,57+,58+,59-,60-,61-,65+,66+,67+/m0/s1. The zero-order chi connectivity index (χ0) is 69.7. The molecule has 512 valence electrons. The molecule has 98 heavy (non-hydrogen) atoms. The van der Waals surface area contributed by atoms with Gasteiger partial charge in [-0.05, 0) is 114 Å². The van der Waals surface area contributed by atoms with Crippen molar-refractivity contribution in [3.63, 3.8) is 0 Å². The number of aromatic nitrogens is 4. The highest BCUT2D eigenvalue weighted by molar-refractivity contribution is 6.01.